The van der Waals surface area contributed by atoms with Crippen molar-refractivity contribution >= 4 is 58.7 Å². The van der Waals surface area contributed by atoms with Crippen molar-refractivity contribution in [1.82, 2.24) is 9.80 Å². The molecule has 0 bridgehead atoms. The monoisotopic (exact) mass is 557 g/mol. The molecule has 10 nitrogen and oxygen atoms in total. The Balaban J connectivity index is 1.56. The Labute approximate surface area is 234 Å². The zero-order chi connectivity index (χ0) is 28.6. The second kappa shape index (κ2) is 10.4. The van der Waals surface area contributed by atoms with Crippen molar-refractivity contribution in [3.63, 3.8) is 0 Å². The van der Waals surface area contributed by atoms with Crippen LogP contribution in [0.5, 0.6) is 0 Å². The SMILES string of the molecule is CN1C(=O)N(CC(C=Nc2ccccc2)C(=N)c2ccccc2)C(=O)C12C(=O)N(CC(=O)O)c1ccc(Cl)cc12. The molecule has 1 fully saturated rings. The van der Waals surface area contributed by atoms with Crippen molar-refractivity contribution in [2.75, 3.05) is 25.0 Å². The third-order valence-corrected chi connectivity index (χ3v) is 7.29. The molecule has 0 aromatic heterocycles. The van der Waals surface area contributed by atoms with Gasteiger partial charge in [0.2, 0.25) is 5.54 Å². The molecule has 0 radical (unpaired) electrons. The van der Waals surface area contributed by atoms with Gasteiger partial charge in [-0.25, -0.2) is 4.79 Å². The Hall–Kier alpha value is -4.83. The van der Waals surface area contributed by atoms with Crippen LogP contribution in [0.1, 0.15) is 11.1 Å². The number of anilines is 1. The third kappa shape index (κ3) is 4.32. The molecule has 2 unspecified atom stereocenters. The van der Waals surface area contributed by atoms with Crippen LogP contribution in [0, 0.1) is 11.3 Å². The first-order valence-corrected chi connectivity index (χ1v) is 12.7. The van der Waals surface area contributed by atoms with Crippen LogP contribution in [0.2, 0.25) is 5.02 Å². The Kier molecular flexibility index (Phi) is 6.95. The summed E-state index contributed by atoms with van der Waals surface area (Å²) in [6.07, 6.45) is 1.51. The van der Waals surface area contributed by atoms with Gasteiger partial charge >= 0.3 is 12.0 Å². The minimum absolute atomic E-state index is 0.123. The predicted molar refractivity (Wildman–Crippen MR) is 149 cm³/mol. The Bertz CT molecular complexity index is 1560. The Morgan fingerprint density at radius 1 is 1.00 bits per heavy atom. The van der Waals surface area contributed by atoms with Gasteiger partial charge in [-0.15, -0.1) is 0 Å². The van der Waals surface area contributed by atoms with E-state index in [-0.39, 0.29) is 28.5 Å². The number of fused-ring (bicyclic) bond motifs is 2. The highest BCUT2D eigenvalue weighted by Crippen LogP contribution is 2.49. The molecule has 5 rings (SSSR count). The molecule has 2 aliphatic heterocycles. The molecule has 0 aliphatic carbocycles. The first-order valence-electron chi connectivity index (χ1n) is 12.3. The summed E-state index contributed by atoms with van der Waals surface area (Å²) in [7, 11) is 1.32. The molecule has 2 atom stereocenters. The molecular formula is C29H24ClN5O5. The summed E-state index contributed by atoms with van der Waals surface area (Å²) < 4.78 is 0. The number of hydrogen-bond acceptors (Lipinski definition) is 6. The molecule has 2 N–H and O–H groups in total. The second-order valence-electron chi connectivity index (χ2n) is 9.41. The topological polar surface area (TPSA) is 134 Å². The number of hydrogen-bond donors (Lipinski definition) is 2. The summed E-state index contributed by atoms with van der Waals surface area (Å²) in [5.74, 6) is -3.80. The predicted octanol–water partition coefficient (Wildman–Crippen LogP) is 3.95. The zero-order valence-electron chi connectivity index (χ0n) is 21.3. The minimum Gasteiger partial charge on any atom is -0.480 e. The van der Waals surface area contributed by atoms with Crippen LogP contribution in [-0.2, 0) is 19.9 Å². The van der Waals surface area contributed by atoms with Crippen LogP contribution < -0.4 is 4.90 Å². The number of aliphatic carboxylic acids is 1. The fourth-order valence-electron chi connectivity index (χ4n) is 5.12. The van der Waals surface area contributed by atoms with E-state index in [1.165, 1.54) is 31.5 Å². The maximum Gasteiger partial charge on any atom is 0.328 e. The summed E-state index contributed by atoms with van der Waals surface area (Å²) in [6.45, 7) is -0.967. The quantitative estimate of drug-likeness (QED) is 0.246. The molecule has 11 heteroatoms. The molecule has 3 aromatic rings. The number of para-hydroxylation sites is 1. The van der Waals surface area contributed by atoms with Gasteiger partial charge in [0.25, 0.3) is 11.8 Å². The summed E-state index contributed by atoms with van der Waals surface area (Å²) in [5.41, 5.74) is -0.481. The smallest absolute Gasteiger partial charge is 0.328 e. The molecular weight excluding hydrogens is 534 g/mol. The Morgan fingerprint density at radius 2 is 1.62 bits per heavy atom. The van der Waals surface area contributed by atoms with E-state index < -0.39 is 41.8 Å². The Morgan fingerprint density at radius 3 is 2.27 bits per heavy atom. The molecule has 1 saturated heterocycles. The van der Waals surface area contributed by atoms with E-state index >= 15 is 0 Å². The molecule has 1 spiro atoms. The number of rotatable bonds is 8. The molecule has 2 aliphatic rings. The van der Waals surface area contributed by atoms with Crippen molar-refractivity contribution < 1.29 is 24.3 Å². The largest absolute Gasteiger partial charge is 0.480 e. The molecule has 202 valence electrons. The second-order valence-corrected chi connectivity index (χ2v) is 9.85. The van der Waals surface area contributed by atoms with Crippen molar-refractivity contribution in [1.29, 1.82) is 5.41 Å². The number of likely N-dealkylation sites (N-methyl/N-ethyl adjacent to an activating group) is 1. The lowest BCUT2D eigenvalue weighted by atomic mass is 9.89. The molecule has 0 saturated carbocycles. The number of aliphatic imine (C=N–C) groups is 1. The maximum absolute atomic E-state index is 14.1. The molecule has 4 amide bonds. The summed E-state index contributed by atoms with van der Waals surface area (Å²) in [6, 6.07) is 21.5. The average molecular weight is 558 g/mol. The van der Waals surface area contributed by atoms with Crippen LogP contribution in [0.25, 0.3) is 0 Å². The van der Waals surface area contributed by atoms with E-state index in [1.807, 2.05) is 24.3 Å². The van der Waals surface area contributed by atoms with Crippen LogP contribution in [0.15, 0.2) is 83.9 Å². The van der Waals surface area contributed by atoms with Gasteiger partial charge in [-0.05, 0) is 35.9 Å². The summed E-state index contributed by atoms with van der Waals surface area (Å²) >= 11 is 6.23. The van der Waals surface area contributed by atoms with Gasteiger partial charge in [0.05, 0.1) is 17.3 Å². The number of urea groups is 1. The fraction of sp³-hybridized carbons (Fsp3) is 0.172. The standard InChI is InChI=1S/C29H24ClN5O5/c1-33-28(40)35(16-19(15-32-21-10-6-3-7-11-21)25(31)18-8-4-2-5-9-18)27(39)29(33)22-14-20(30)12-13-23(22)34(26(29)38)17-24(36)37/h2-15,19,31H,16-17H2,1H3,(H,36,37). The van der Waals surface area contributed by atoms with Crippen LogP contribution >= 0.6 is 11.6 Å². The molecule has 2 heterocycles. The van der Waals surface area contributed by atoms with Crippen molar-refractivity contribution in [3.8, 4) is 0 Å². The lowest BCUT2D eigenvalue weighted by molar-refractivity contribution is -0.143. The van der Waals surface area contributed by atoms with Gasteiger partial charge < -0.3 is 15.4 Å². The first-order chi connectivity index (χ1) is 19.2. The van der Waals surface area contributed by atoms with E-state index in [0.29, 0.717) is 11.3 Å². The van der Waals surface area contributed by atoms with Crippen LogP contribution in [-0.4, -0.2) is 70.8 Å². The van der Waals surface area contributed by atoms with E-state index in [4.69, 9.17) is 17.0 Å². The number of carbonyl (C=O) groups excluding carboxylic acids is 3. The number of nitrogens with one attached hydrogen (secondary N) is 1. The number of halogens is 1. The fourth-order valence-corrected chi connectivity index (χ4v) is 5.29. The van der Waals surface area contributed by atoms with Gasteiger partial charge in [-0.3, -0.25) is 29.2 Å². The number of amides is 4. The van der Waals surface area contributed by atoms with Crippen LogP contribution in [0.4, 0.5) is 16.2 Å². The van der Waals surface area contributed by atoms with Gasteiger partial charge in [0.1, 0.15) is 6.54 Å². The highest BCUT2D eigenvalue weighted by atomic mass is 35.5. The van der Waals surface area contributed by atoms with E-state index in [9.17, 15) is 24.3 Å². The van der Waals surface area contributed by atoms with Crippen molar-refractivity contribution in [3.05, 3.63) is 95.0 Å². The normalized spacial score (nSPS) is 19.1. The van der Waals surface area contributed by atoms with Crippen LogP contribution in [0.3, 0.4) is 0 Å². The first kappa shape index (κ1) is 26.8. The number of carbonyl (C=O) groups is 4. The highest BCUT2D eigenvalue weighted by Gasteiger charge is 2.67. The number of carboxylic acids is 1. The number of benzene rings is 3. The maximum atomic E-state index is 14.1. The van der Waals surface area contributed by atoms with E-state index in [2.05, 4.69) is 4.99 Å². The van der Waals surface area contributed by atoms with Crippen molar-refractivity contribution in [2.45, 2.75) is 5.54 Å². The van der Waals surface area contributed by atoms with Gasteiger partial charge in [-0.2, -0.15) is 0 Å². The lowest BCUT2D eigenvalue weighted by Gasteiger charge is -2.27. The lowest BCUT2D eigenvalue weighted by Crippen LogP contribution is -2.53. The van der Waals surface area contributed by atoms with Gasteiger partial charge in [0, 0.05) is 36.1 Å². The van der Waals surface area contributed by atoms with Gasteiger partial charge in [0.15, 0.2) is 0 Å². The highest BCUT2D eigenvalue weighted by molar-refractivity contribution is 6.32. The minimum atomic E-state index is -2.12. The molecule has 40 heavy (non-hydrogen) atoms. The summed E-state index contributed by atoms with van der Waals surface area (Å²) in [5, 5.41) is 18.5. The van der Waals surface area contributed by atoms with E-state index in [1.54, 1.807) is 36.4 Å². The molecule has 3 aromatic carbocycles. The van der Waals surface area contributed by atoms with Gasteiger partial charge in [-0.1, -0.05) is 60.1 Å². The number of carboxylic acid groups (broad SMARTS) is 1. The van der Waals surface area contributed by atoms with E-state index in [0.717, 1.165) is 14.7 Å². The number of imide groups is 1. The zero-order valence-corrected chi connectivity index (χ0v) is 22.1. The average Bonchev–Trinajstić information content (AvgIpc) is 3.30. The summed E-state index contributed by atoms with van der Waals surface area (Å²) in [4.78, 5) is 60.5. The van der Waals surface area contributed by atoms with Crippen molar-refractivity contribution in [2.24, 2.45) is 10.9 Å². The number of nitrogens with zero attached hydrogens (tertiary/aromatic N) is 4. The third-order valence-electron chi connectivity index (χ3n) is 7.06.